The van der Waals surface area contributed by atoms with Crippen molar-refractivity contribution in [1.29, 1.82) is 0 Å². The SMILES string of the molecule is Cn1c([C@@H]2CCC(=O)N2Cc2ccccc2)n[nH]c1=S. The number of nitrogens with zero attached hydrogens (tertiary/aromatic N) is 3. The molecule has 0 spiro atoms. The summed E-state index contributed by atoms with van der Waals surface area (Å²) in [5, 5.41) is 7.07. The highest BCUT2D eigenvalue weighted by molar-refractivity contribution is 7.71. The van der Waals surface area contributed by atoms with E-state index >= 15 is 0 Å². The molecule has 0 radical (unpaired) electrons. The third kappa shape index (κ3) is 2.27. The molecule has 3 rings (SSSR count). The van der Waals surface area contributed by atoms with E-state index in [2.05, 4.69) is 10.2 Å². The van der Waals surface area contributed by atoms with Crippen LogP contribution < -0.4 is 0 Å². The van der Waals surface area contributed by atoms with Gasteiger partial charge < -0.3 is 9.47 Å². The van der Waals surface area contributed by atoms with Crippen LogP contribution in [0.25, 0.3) is 0 Å². The van der Waals surface area contributed by atoms with E-state index in [4.69, 9.17) is 12.2 Å². The molecule has 1 fully saturated rings. The minimum atomic E-state index is 0.000608. The Hall–Kier alpha value is -1.95. The van der Waals surface area contributed by atoms with E-state index in [0.29, 0.717) is 17.7 Å². The van der Waals surface area contributed by atoms with Crippen molar-refractivity contribution in [3.05, 3.63) is 46.5 Å². The number of amides is 1. The van der Waals surface area contributed by atoms with Crippen molar-refractivity contribution in [2.24, 2.45) is 7.05 Å². The van der Waals surface area contributed by atoms with Crippen LogP contribution in [0.5, 0.6) is 0 Å². The van der Waals surface area contributed by atoms with Gasteiger partial charge >= 0.3 is 0 Å². The smallest absolute Gasteiger partial charge is 0.223 e. The van der Waals surface area contributed by atoms with Gasteiger partial charge in [-0.15, -0.1) is 0 Å². The minimum Gasteiger partial charge on any atom is -0.328 e. The average molecular weight is 288 g/mol. The number of nitrogens with one attached hydrogen (secondary N) is 1. The van der Waals surface area contributed by atoms with Crippen LogP contribution in [-0.4, -0.2) is 25.6 Å². The van der Waals surface area contributed by atoms with E-state index in [1.165, 1.54) is 0 Å². The summed E-state index contributed by atoms with van der Waals surface area (Å²) in [7, 11) is 1.88. The molecule has 1 aliphatic rings. The number of rotatable bonds is 3. The van der Waals surface area contributed by atoms with Gasteiger partial charge in [0, 0.05) is 20.0 Å². The zero-order valence-electron chi connectivity index (χ0n) is 11.2. The minimum absolute atomic E-state index is 0.000608. The molecule has 2 aromatic rings. The Morgan fingerprint density at radius 1 is 1.40 bits per heavy atom. The Balaban J connectivity index is 1.89. The molecule has 1 aromatic heterocycles. The van der Waals surface area contributed by atoms with Crippen molar-refractivity contribution in [2.75, 3.05) is 0 Å². The van der Waals surface area contributed by atoms with Crippen LogP contribution in [0.1, 0.15) is 30.3 Å². The van der Waals surface area contributed by atoms with Crippen LogP contribution in [0, 0.1) is 4.77 Å². The summed E-state index contributed by atoms with van der Waals surface area (Å²) in [4.78, 5) is 14.0. The first kappa shape index (κ1) is 13.1. The summed E-state index contributed by atoms with van der Waals surface area (Å²) in [5.74, 6) is 1.00. The summed E-state index contributed by atoms with van der Waals surface area (Å²) >= 11 is 5.15. The van der Waals surface area contributed by atoms with Gasteiger partial charge in [0.15, 0.2) is 10.6 Å². The van der Waals surface area contributed by atoms with Gasteiger partial charge in [0.2, 0.25) is 5.91 Å². The van der Waals surface area contributed by atoms with Crippen molar-refractivity contribution in [3.63, 3.8) is 0 Å². The average Bonchev–Trinajstić information content (AvgIpc) is 2.97. The second-order valence-electron chi connectivity index (χ2n) is 5.01. The van der Waals surface area contributed by atoms with E-state index in [1.54, 1.807) is 0 Å². The first-order chi connectivity index (χ1) is 9.66. The maximum atomic E-state index is 12.1. The third-order valence-corrected chi connectivity index (χ3v) is 4.10. The highest BCUT2D eigenvalue weighted by atomic mass is 32.1. The number of carbonyl (C=O) groups excluding carboxylic acids is 1. The summed E-state index contributed by atoms with van der Waals surface area (Å²) in [5.41, 5.74) is 1.13. The monoisotopic (exact) mass is 288 g/mol. The number of benzene rings is 1. The molecule has 0 saturated carbocycles. The van der Waals surface area contributed by atoms with Crippen LogP contribution in [0.15, 0.2) is 30.3 Å². The molecular weight excluding hydrogens is 272 g/mol. The van der Waals surface area contributed by atoms with Gasteiger partial charge in [-0.3, -0.25) is 9.89 Å². The van der Waals surface area contributed by atoms with Gasteiger partial charge in [-0.25, -0.2) is 0 Å². The fraction of sp³-hybridized carbons (Fsp3) is 0.357. The Morgan fingerprint density at radius 2 is 2.15 bits per heavy atom. The number of hydrogen-bond donors (Lipinski definition) is 1. The quantitative estimate of drug-likeness (QED) is 0.882. The van der Waals surface area contributed by atoms with Crippen LogP contribution in [0.3, 0.4) is 0 Å². The van der Waals surface area contributed by atoms with Crippen molar-refractivity contribution in [2.45, 2.75) is 25.4 Å². The van der Waals surface area contributed by atoms with Crippen molar-refractivity contribution >= 4 is 18.1 Å². The van der Waals surface area contributed by atoms with Crippen molar-refractivity contribution in [1.82, 2.24) is 19.7 Å². The zero-order valence-corrected chi connectivity index (χ0v) is 12.1. The molecule has 2 heterocycles. The van der Waals surface area contributed by atoms with Crippen LogP contribution in [-0.2, 0) is 18.4 Å². The molecule has 20 heavy (non-hydrogen) atoms. The maximum Gasteiger partial charge on any atom is 0.223 e. The Bertz CT molecular complexity index is 676. The van der Waals surface area contributed by atoms with Crippen molar-refractivity contribution in [3.8, 4) is 0 Å². The summed E-state index contributed by atoms with van der Waals surface area (Å²) in [6.45, 7) is 0.615. The highest BCUT2D eigenvalue weighted by Crippen LogP contribution is 2.32. The van der Waals surface area contributed by atoms with E-state index in [-0.39, 0.29) is 11.9 Å². The Kier molecular flexibility index (Phi) is 3.40. The van der Waals surface area contributed by atoms with E-state index in [1.807, 2.05) is 46.8 Å². The molecule has 0 unspecified atom stereocenters. The molecule has 1 atom stereocenters. The predicted octanol–water partition coefficient (Wildman–Crippen LogP) is 2.34. The third-order valence-electron chi connectivity index (χ3n) is 3.74. The fourth-order valence-corrected chi connectivity index (χ4v) is 2.78. The largest absolute Gasteiger partial charge is 0.328 e. The topological polar surface area (TPSA) is 53.9 Å². The second kappa shape index (κ2) is 5.20. The van der Waals surface area contributed by atoms with Gasteiger partial charge in [-0.2, -0.15) is 5.10 Å². The molecule has 1 saturated heterocycles. The van der Waals surface area contributed by atoms with E-state index in [9.17, 15) is 4.79 Å². The lowest BCUT2D eigenvalue weighted by atomic mass is 10.1. The molecule has 1 aliphatic heterocycles. The Morgan fingerprint density at radius 3 is 2.80 bits per heavy atom. The fourth-order valence-electron chi connectivity index (χ4n) is 2.64. The first-order valence-electron chi connectivity index (χ1n) is 6.61. The van der Waals surface area contributed by atoms with Crippen LogP contribution >= 0.6 is 12.2 Å². The molecule has 1 N–H and O–H groups in total. The molecule has 1 amide bonds. The standard InChI is InChI=1S/C14H16N4OS/c1-17-13(15-16-14(17)20)11-7-8-12(19)18(11)9-10-5-3-2-4-6-10/h2-6,11H,7-9H2,1H3,(H,16,20)/t11-/m0/s1. The van der Waals surface area contributed by atoms with E-state index in [0.717, 1.165) is 17.8 Å². The van der Waals surface area contributed by atoms with Gasteiger partial charge in [0.25, 0.3) is 0 Å². The second-order valence-corrected chi connectivity index (χ2v) is 5.39. The summed E-state index contributed by atoms with van der Waals surface area (Å²) < 4.78 is 2.43. The lowest BCUT2D eigenvalue weighted by Gasteiger charge is -2.24. The van der Waals surface area contributed by atoms with Crippen LogP contribution in [0.2, 0.25) is 0 Å². The molecule has 104 valence electrons. The lowest BCUT2D eigenvalue weighted by Crippen LogP contribution is -2.28. The molecule has 6 heteroatoms. The van der Waals surface area contributed by atoms with Crippen molar-refractivity contribution < 1.29 is 4.79 Å². The highest BCUT2D eigenvalue weighted by Gasteiger charge is 2.34. The molecule has 0 bridgehead atoms. The first-order valence-corrected chi connectivity index (χ1v) is 7.02. The van der Waals surface area contributed by atoms with E-state index < -0.39 is 0 Å². The molecule has 5 nitrogen and oxygen atoms in total. The summed E-state index contributed by atoms with van der Waals surface area (Å²) in [6, 6.07) is 10.0. The number of carbonyl (C=O) groups is 1. The predicted molar refractivity (Wildman–Crippen MR) is 77.4 cm³/mol. The molecular formula is C14H16N4OS. The maximum absolute atomic E-state index is 12.1. The molecule has 0 aliphatic carbocycles. The van der Waals surface area contributed by atoms with Crippen LogP contribution in [0.4, 0.5) is 0 Å². The number of H-pyrrole nitrogens is 1. The number of hydrogen-bond acceptors (Lipinski definition) is 3. The van der Waals surface area contributed by atoms with Gasteiger partial charge in [0.1, 0.15) is 0 Å². The summed E-state index contributed by atoms with van der Waals surface area (Å²) in [6.07, 6.45) is 1.36. The van der Waals surface area contributed by atoms with Gasteiger partial charge in [-0.05, 0) is 24.2 Å². The number of likely N-dealkylation sites (tertiary alicyclic amines) is 1. The zero-order chi connectivity index (χ0) is 14.1. The Labute approximate surface area is 122 Å². The lowest BCUT2D eigenvalue weighted by molar-refractivity contribution is -0.129. The number of aromatic nitrogens is 3. The number of aromatic amines is 1. The van der Waals surface area contributed by atoms with Gasteiger partial charge in [0.05, 0.1) is 6.04 Å². The molecule has 1 aromatic carbocycles. The normalized spacial score (nSPS) is 18.8. The van der Waals surface area contributed by atoms with Gasteiger partial charge in [-0.1, -0.05) is 30.3 Å².